The third-order valence-corrected chi connectivity index (χ3v) is 6.76. The summed E-state index contributed by atoms with van der Waals surface area (Å²) in [5.74, 6) is 1.00. The van der Waals surface area contributed by atoms with Gasteiger partial charge in [-0.3, -0.25) is 0 Å². The monoisotopic (exact) mass is 438 g/mol. The molecule has 8 nitrogen and oxygen atoms in total. The number of thiophene rings is 1. The van der Waals surface area contributed by atoms with E-state index in [2.05, 4.69) is 35.8 Å². The molecule has 2 saturated heterocycles. The largest absolute Gasteiger partial charge is 0.378 e. The molecule has 9 heteroatoms. The van der Waals surface area contributed by atoms with Crippen LogP contribution in [0.15, 0.2) is 42.0 Å². The molecule has 1 aromatic carbocycles. The molecule has 0 aliphatic carbocycles. The smallest absolute Gasteiger partial charge is 0.319 e. The predicted octanol–water partition coefficient (Wildman–Crippen LogP) is 3.32. The summed E-state index contributed by atoms with van der Waals surface area (Å²) in [5, 5.41) is 8.12. The van der Waals surface area contributed by atoms with Crippen LogP contribution in [0, 0.1) is 0 Å². The zero-order chi connectivity index (χ0) is 21.0. The van der Waals surface area contributed by atoms with Crippen molar-refractivity contribution in [1.29, 1.82) is 0 Å². The van der Waals surface area contributed by atoms with E-state index in [9.17, 15) is 4.79 Å². The van der Waals surface area contributed by atoms with Gasteiger partial charge >= 0.3 is 6.03 Å². The molecular weight excluding hydrogens is 412 g/mol. The summed E-state index contributed by atoms with van der Waals surface area (Å²) < 4.78 is 6.53. The average molecular weight is 439 g/mol. The third-order valence-electron chi connectivity index (χ3n) is 5.86. The predicted molar refractivity (Wildman–Crippen MR) is 124 cm³/mol. The van der Waals surface area contributed by atoms with Crippen LogP contribution in [0.2, 0.25) is 0 Å². The van der Waals surface area contributed by atoms with E-state index in [1.165, 1.54) is 0 Å². The molecular formula is C22H26N6O2S. The van der Waals surface area contributed by atoms with Gasteiger partial charge in [0.25, 0.3) is 0 Å². The van der Waals surface area contributed by atoms with E-state index in [0.717, 1.165) is 79.6 Å². The molecule has 2 aromatic heterocycles. The molecule has 5 rings (SSSR count). The second-order valence-corrected chi connectivity index (χ2v) is 8.75. The average Bonchev–Trinajstić information content (AvgIpc) is 3.30. The van der Waals surface area contributed by atoms with Crippen LogP contribution in [0.4, 0.5) is 22.0 Å². The van der Waals surface area contributed by atoms with Crippen molar-refractivity contribution in [2.45, 2.75) is 18.9 Å². The number of amides is 2. The number of carbonyl (C=O) groups excluding carboxylic acids is 1. The van der Waals surface area contributed by atoms with E-state index >= 15 is 0 Å². The number of carbonyl (C=O) groups is 1. The van der Waals surface area contributed by atoms with E-state index in [-0.39, 0.29) is 12.1 Å². The maximum atomic E-state index is 12.5. The van der Waals surface area contributed by atoms with Crippen LogP contribution < -0.4 is 20.4 Å². The Morgan fingerprint density at radius 1 is 1.00 bits per heavy atom. The number of aromatic nitrogens is 2. The quantitative estimate of drug-likeness (QED) is 0.650. The second-order valence-electron chi connectivity index (χ2n) is 7.84. The number of piperidine rings is 1. The van der Waals surface area contributed by atoms with Gasteiger partial charge in [0.15, 0.2) is 0 Å². The van der Waals surface area contributed by atoms with Crippen LogP contribution in [0.3, 0.4) is 0 Å². The number of fused-ring (bicyclic) bond motifs is 1. The van der Waals surface area contributed by atoms with Gasteiger partial charge in [0.1, 0.15) is 12.1 Å². The highest BCUT2D eigenvalue weighted by molar-refractivity contribution is 7.17. The fraction of sp³-hybridized carbons (Fsp3) is 0.409. The van der Waals surface area contributed by atoms with Crippen molar-refractivity contribution in [3.8, 4) is 0 Å². The minimum atomic E-state index is -0.153. The Hall–Kier alpha value is -2.91. The Kier molecular flexibility index (Phi) is 5.86. The molecule has 2 aliphatic rings. The first-order valence-corrected chi connectivity index (χ1v) is 11.6. The Labute approximate surface area is 185 Å². The van der Waals surface area contributed by atoms with Crippen molar-refractivity contribution < 1.29 is 9.53 Å². The zero-order valence-corrected chi connectivity index (χ0v) is 18.1. The second kappa shape index (κ2) is 9.07. The molecule has 2 fully saturated rings. The number of anilines is 3. The van der Waals surface area contributed by atoms with Crippen LogP contribution >= 0.6 is 11.3 Å². The summed E-state index contributed by atoms with van der Waals surface area (Å²) in [6.45, 7) is 5.05. The fourth-order valence-electron chi connectivity index (χ4n) is 4.17. The summed E-state index contributed by atoms with van der Waals surface area (Å²) >= 11 is 1.67. The lowest BCUT2D eigenvalue weighted by Gasteiger charge is -2.33. The number of urea groups is 1. The van der Waals surface area contributed by atoms with Crippen LogP contribution in [-0.4, -0.2) is 61.4 Å². The number of benzene rings is 1. The van der Waals surface area contributed by atoms with Gasteiger partial charge in [0.2, 0.25) is 0 Å². The fourth-order valence-corrected chi connectivity index (χ4v) is 5.03. The SMILES string of the molecule is O=C(Nc1ccc(N2CCOCC2)cc1)NC1CCN(c2ncnc3ccsc23)CC1. The molecule has 2 aliphatic heterocycles. The highest BCUT2D eigenvalue weighted by Crippen LogP contribution is 2.29. The highest BCUT2D eigenvalue weighted by Gasteiger charge is 2.23. The maximum Gasteiger partial charge on any atom is 0.319 e. The van der Waals surface area contributed by atoms with E-state index < -0.39 is 0 Å². The van der Waals surface area contributed by atoms with Gasteiger partial charge in [0.05, 0.1) is 23.4 Å². The topological polar surface area (TPSA) is 82.6 Å². The Balaban J connectivity index is 1.12. The number of nitrogens with zero attached hydrogens (tertiary/aromatic N) is 4. The van der Waals surface area contributed by atoms with Gasteiger partial charge < -0.3 is 25.2 Å². The Bertz CT molecular complexity index is 1030. The summed E-state index contributed by atoms with van der Waals surface area (Å²) in [4.78, 5) is 25.9. The zero-order valence-electron chi connectivity index (χ0n) is 17.3. The van der Waals surface area contributed by atoms with Gasteiger partial charge in [-0.05, 0) is 48.6 Å². The highest BCUT2D eigenvalue weighted by atomic mass is 32.1. The van der Waals surface area contributed by atoms with Crippen molar-refractivity contribution >= 4 is 44.8 Å². The summed E-state index contributed by atoms with van der Waals surface area (Å²) in [5.41, 5.74) is 2.95. The number of rotatable bonds is 4. The number of hydrogen-bond donors (Lipinski definition) is 2. The van der Waals surface area contributed by atoms with E-state index in [0.29, 0.717) is 0 Å². The maximum absolute atomic E-state index is 12.5. The van der Waals surface area contributed by atoms with Gasteiger partial charge in [-0.15, -0.1) is 11.3 Å². The van der Waals surface area contributed by atoms with Crippen molar-refractivity contribution in [2.24, 2.45) is 0 Å². The van der Waals surface area contributed by atoms with Gasteiger partial charge in [-0.25, -0.2) is 14.8 Å². The first kappa shape index (κ1) is 20.0. The molecule has 4 heterocycles. The van der Waals surface area contributed by atoms with E-state index in [1.54, 1.807) is 17.7 Å². The molecule has 0 saturated carbocycles. The molecule has 162 valence electrons. The summed E-state index contributed by atoms with van der Waals surface area (Å²) in [6.07, 6.45) is 3.41. The molecule has 0 unspecified atom stereocenters. The lowest BCUT2D eigenvalue weighted by molar-refractivity contribution is 0.122. The lowest BCUT2D eigenvalue weighted by atomic mass is 10.1. The number of ether oxygens (including phenoxy) is 1. The van der Waals surface area contributed by atoms with Gasteiger partial charge in [-0.1, -0.05) is 0 Å². The number of hydrogen-bond acceptors (Lipinski definition) is 7. The molecule has 3 aromatic rings. The van der Waals surface area contributed by atoms with Crippen molar-refractivity contribution in [2.75, 3.05) is 54.5 Å². The Morgan fingerprint density at radius 3 is 2.55 bits per heavy atom. The molecule has 0 atom stereocenters. The standard InChI is InChI=1S/C22H26N6O2S/c29-22(25-16-1-3-18(4-2-16)27-10-12-30-13-11-27)26-17-5-8-28(9-6-17)21-20-19(7-14-31-20)23-15-24-21/h1-4,7,14-15,17H,5-6,8-13H2,(H2,25,26,29). The third kappa shape index (κ3) is 4.57. The molecule has 0 bridgehead atoms. The molecule has 0 spiro atoms. The van der Waals surface area contributed by atoms with Gasteiger partial charge in [0, 0.05) is 43.6 Å². The Morgan fingerprint density at radius 2 is 1.77 bits per heavy atom. The van der Waals surface area contributed by atoms with E-state index in [4.69, 9.17) is 4.74 Å². The van der Waals surface area contributed by atoms with Crippen LogP contribution in [-0.2, 0) is 4.74 Å². The molecule has 2 amide bonds. The van der Waals surface area contributed by atoms with Crippen molar-refractivity contribution in [1.82, 2.24) is 15.3 Å². The lowest BCUT2D eigenvalue weighted by Crippen LogP contribution is -2.46. The molecule has 2 N–H and O–H groups in total. The van der Waals surface area contributed by atoms with Crippen LogP contribution in [0.1, 0.15) is 12.8 Å². The number of morpholine rings is 1. The van der Waals surface area contributed by atoms with Gasteiger partial charge in [-0.2, -0.15) is 0 Å². The summed E-state index contributed by atoms with van der Waals surface area (Å²) in [6, 6.07) is 10.0. The van der Waals surface area contributed by atoms with E-state index in [1.807, 2.05) is 30.3 Å². The molecule has 0 radical (unpaired) electrons. The first-order chi connectivity index (χ1) is 15.3. The normalized spacial score (nSPS) is 17.7. The minimum Gasteiger partial charge on any atom is -0.378 e. The first-order valence-electron chi connectivity index (χ1n) is 10.7. The number of nitrogens with one attached hydrogen (secondary N) is 2. The minimum absolute atomic E-state index is 0.153. The van der Waals surface area contributed by atoms with Crippen LogP contribution in [0.5, 0.6) is 0 Å². The van der Waals surface area contributed by atoms with Crippen molar-refractivity contribution in [3.63, 3.8) is 0 Å². The molecule has 31 heavy (non-hydrogen) atoms. The van der Waals surface area contributed by atoms with Crippen LogP contribution in [0.25, 0.3) is 10.2 Å². The summed E-state index contributed by atoms with van der Waals surface area (Å²) in [7, 11) is 0. The van der Waals surface area contributed by atoms with Crippen molar-refractivity contribution in [3.05, 3.63) is 42.0 Å².